The molecule has 0 aliphatic carbocycles. The minimum atomic E-state index is -1.38. The molecule has 0 spiro atoms. The number of aromatic amines is 1. The summed E-state index contributed by atoms with van der Waals surface area (Å²) in [7, 11) is 1.47. The summed E-state index contributed by atoms with van der Waals surface area (Å²) in [4.78, 5) is 70.0. The van der Waals surface area contributed by atoms with Gasteiger partial charge in [0.15, 0.2) is 5.69 Å². The van der Waals surface area contributed by atoms with E-state index < -0.39 is 41.2 Å². The van der Waals surface area contributed by atoms with Gasteiger partial charge in [-0.2, -0.15) is 0 Å². The van der Waals surface area contributed by atoms with Gasteiger partial charge in [0.25, 0.3) is 11.5 Å². The molecule has 12 nitrogen and oxygen atoms in total. The normalized spacial score (nSPS) is 16.6. The molecule has 0 unspecified atom stereocenters. The zero-order chi connectivity index (χ0) is 29.0. The first-order valence-electron chi connectivity index (χ1n) is 12.9. The smallest absolute Gasteiger partial charge is 0.330 e. The first-order valence-corrected chi connectivity index (χ1v) is 12.9. The summed E-state index contributed by atoms with van der Waals surface area (Å²) in [6.45, 7) is 2.87. The van der Waals surface area contributed by atoms with Gasteiger partial charge in [0.05, 0.1) is 13.7 Å². The van der Waals surface area contributed by atoms with Crippen LogP contribution in [0.1, 0.15) is 37.8 Å². The Morgan fingerprint density at radius 1 is 1.05 bits per heavy atom. The highest BCUT2D eigenvalue weighted by Crippen LogP contribution is 2.30. The van der Waals surface area contributed by atoms with Crippen LogP contribution in [0.3, 0.4) is 0 Å². The maximum atomic E-state index is 13.9. The quantitative estimate of drug-likeness (QED) is 0.326. The third-order valence-corrected chi connectivity index (χ3v) is 6.96. The minimum Gasteiger partial charge on any atom is -0.496 e. The fraction of sp³-hybridized carbons (Fsp3) is 0.321. The number of nitrogens with two attached hydrogens (primary N) is 1. The summed E-state index contributed by atoms with van der Waals surface area (Å²) < 4.78 is 6.62. The van der Waals surface area contributed by atoms with Crippen molar-refractivity contribution in [3.63, 3.8) is 0 Å². The number of rotatable bonds is 10. The monoisotopic (exact) mass is 548 g/mol. The molecule has 40 heavy (non-hydrogen) atoms. The number of nitrogen functional groups attached to an aromatic ring is 1. The highest BCUT2D eigenvalue weighted by Gasteiger charge is 2.49. The Balaban J connectivity index is 1.76. The number of urea groups is 1. The van der Waals surface area contributed by atoms with Crippen molar-refractivity contribution < 1.29 is 19.1 Å². The van der Waals surface area contributed by atoms with Gasteiger partial charge in [-0.15, -0.1) is 0 Å². The van der Waals surface area contributed by atoms with Gasteiger partial charge in [0.1, 0.15) is 23.7 Å². The maximum absolute atomic E-state index is 13.9. The van der Waals surface area contributed by atoms with Crippen LogP contribution in [0.4, 0.5) is 16.3 Å². The molecule has 4 rings (SSSR count). The number of nitrogens with one attached hydrogen (secondary N) is 2. The van der Waals surface area contributed by atoms with Gasteiger partial charge in [-0.05, 0) is 25.0 Å². The van der Waals surface area contributed by atoms with Gasteiger partial charge in [0, 0.05) is 12.1 Å². The van der Waals surface area contributed by atoms with Gasteiger partial charge in [0.2, 0.25) is 5.91 Å². The average molecular weight is 549 g/mol. The molecule has 1 aromatic heterocycles. The summed E-state index contributed by atoms with van der Waals surface area (Å²) in [5.74, 6) is -1.13. The van der Waals surface area contributed by atoms with E-state index in [1.54, 1.807) is 61.5 Å². The minimum absolute atomic E-state index is 0.179. The number of para-hydroxylation sites is 1. The second-order valence-corrected chi connectivity index (χ2v) is 9.60. The number of carbonyl (C=O) groups is 3. The maximum Gasteiger partial charge on any atom is 0.330 e. The van der Waals surface area contributed by atoms with E-state index in [0.717, 1.165) is 16.2 Å². The van der Waals surface area contributed by atoms with E-state index in [1.807, 2.05) is 6.92 Å². The van der Waals surface area contributed by atoms with Crippen molar-refractivity contribution in [3.05, 3.63) is 86.6 Å². The molecule has 0 bridgehead atoms. The number of methoxy groups -OCH3 is 1. The van der Waals surface area contributed by atoms with E-state index in [4.69, 9.17) is 10.5 Å². The van der Waals surface area contributed by atoms with Crippen LogP contribution in [0.15, 0.2) is 64.2 Å². The lowest BCUT2D eigenvalue weighted by Crippen LogP contribution is -2.47. The lowest BCUT2D eigenvalue weighted by molar-refractivity contribution is -0.134. The molecule has 0 radical (unpaired) electrons. The molecule has 1 fully saturated rings. The number of H-pyrrole nitrogens is 1. The van der Waals surface area contributed by atoms with Crippen LogP contribution < -0.4 is 31.9 Å². The van der Waals surface area contributed by atoms with Crippen LogP contribution in [0.5, 0.6) is 5.75 Å². The fourth-order valence-electron chi connectivity index (χ4n) is 4.70. The van der Waals surface area contributed by atoms with Crippen molar-refractivity contribution in [2.24, 2.45) is 0 Å². The predicted octanol–water partition coefficient (Wildman–Crippen LogP) is 1.93. The van der Waals surface area contributed by atoms with Gasteiger partial charge in [-0.1, -0.05) is 61.9 Å². The van der Waals surface area contributed by atoms with Gasteiger partial charge >= 0.3 is 11.7 Å². The lowest BCUT2D eigenvalue weighted by atomic mass is 9.92. The summed E-state index contributed by atoms with van der Waals surface area (Å²) in [6.07, 6.45) is 1.37. The largest absolute Gasteiger partial charge is 0.496 e. The van der Waals surface area contributed by atoms with Crippen molar-refractivity contribution in [1.29, 1.82) is 0 Å². The molecule has 4 N–H and O–H groups in total. The summed E-state index contributed by atoms with van der Waals surface area (Å²) in [6, 6.07) is 14.8. The molecule has 1 aliphatic rings. The summed E-state index contributed by atoms with van der Waals surface area (Å²) in [5.41, 5.74) is 4.21. The third kappa shape index (κ3) is 5.20. The molecule has 4 amide bonds. The van der Waals surface area contributed by atoms with Crippen molar-refractivity contribution >= 4 is 29.4 Å². The Morgan fingerprint density at radius 3 is 2.40 bits per heavy atom. The number of benzene rings is 2. The Bertz CT molecular complexity index is 1550. The molecule has 2 heterocycles. The SMILES string of the molecule is CCCCn1c(N)c(N(Cc2ccccc2OC)C(=O)CN2C(=O)N[C@](C)(c3ccccc3)C2=O)c(=O)[nH]c1=O. The highest BCUT2D eigenvalue weighted by molar-refractivity contribution is 6.10. The zero-order valence-corrected chi connectivity index (χ0v) is 22.6. The van der Waals surface area contributed by atoms with Crippen LogP contribution >= 0.6 is 0 Å². The van der Waals surface area contributed by atoms with Gasteiger partial charge in [-0.3, -0.25) is 33.7 Å². The van der Waals surface area contributed by atoms with Gasteiger partial charge in [-0.25, -0.2) is 9.59 Å². The number of unbranched alkanes of at least 4 members (excludes halogenated alkanes) is 1. The van der Waals surface area contributed by atoms with Crippen molar-refractivity contribution in [2.75, 3.05) is 24.3 Å². The van der Waals surface area contributed by atoms with E-state index in [9.17, 15) is 24.0 Å². The number of ether oxygens (including phenoxy) is 1. The van der Waals surface area contributed by atoms with Crippen molar-refractivity contribution in [3.8, 4) is 5.75 Å². The third-order valence-electron chi connectivity index (χ3n) is 6.96. The summed E-state index contributed by atoms with van der Waals surface area (Å²) in [5, 5.41) is 2.67. The van der Waals surface area contributed by atoms with Crippen molar-refractivity contribution in [2.45, 2.75) is 45.3 Å². The number of anilines is 2. The summed E-state index contributed by atoms with van der Waals surface area (Å²) >= 11 is 0. The molecule has 0 saturated carbocycles. The number of hydrogen-bond donors (Lipinski definition) is 3. The second kappa shape index (κ2) is 11.5. The van der Waals surface area contributed by atoms with Crippen LogP contribution in [0.25, 0.3) is 0 Å². The average Bonchev–Trinajstić information content (AvgIpc) is 3.16. The van der Waals surface area contributed by atoms with Crippen LogP contribution in [0, 0.1) is 0 Å². The second-order valence-electron chi connectivity index (χ2n) is 9.60. The number of carbonyl (C=O) groups excluding carboxylic acids is 3. The van der Waals surface area contributed by atoms with Crippen molar-refractivity contribution in [1.82, 2.24) is 19.8 Å². The number of amides is 4. The fourth-order valence-corrected chi connectivity index (χ4v) is 4.70. The first kappa shape index (κ1) is 28.1. The number of nitrogens with zero attached hydrogens (tertiary/aromatic N) is 3. The van der Waals surface area contributed by atoms with Gasteiger partial charge < -0.3 is 15.8 Å². The van der Waals surface area contributed by atoms with E-state index in [2.05, 4.69) is 10.3 Å². The standard InChI is InChI=1S/C28H32N6O6/c1-4-5-15-32-23(29)22(24(36)30-26(32)38)33(16-18-11-9-10-14-20(18)40-3)21(35)17-34-25(37)28(2,31-27(34)39)19-12-7-6-8-13-19/h6-14H,4-5,15-17,29H2,1-3H3,(H,31,39)(H,30,36,38)/t28-/m1/s1. The Hall–Kier alpha value is -4.87. The molecule has 12 heteroatoms. The molecular formula is C28H32N6O6. The number of aromatic nitrogens is 2. The molecule has 1 atom stereocenters. The highest BCUT2D eigenvalue weighted by atomic mass is 16.5. The van der Waals surface area contributed by atoms with E-state index in [-0.39, 0.29) is 24.6 Å². The van der Waals surface area contributed by atoms with Crippen LogP contribution in [-0.4, -0.2) is 46.0 Å². The Labute approximate surface area is 230 Å². The van der Waals surface area contributed by atoms with E-state index >= 15 is 0 Å². The lowest BCUT2D eigenvalue weighted by Gasteiger charge is -2.27. The van der Waals surface area contributed by atoms with E-state index in [1.165, 1.54) is 11.7 Å². The Morgan fingerprint density at radius 2 is 1.73 bits per heavy atom. The topological polar surface area (TPSA) is 160 Å². The van der Waals surface area contributed by atoms with Crippen LogP contribution in [-0.2, 0) is 28.2 Å². The number of hydrogen-bond acceptors (Lipinski definition) is 7. The molecular weight excluding hydrogens is 516 g/mol. The molecule has 1 aliphatic heterocycles. The molecule has 1 saturated heterocycles. The van der Waals surface area contributed by atoms with E-state index in [0.29, 0.717) is 23.3 Å². The predicted molar refractivity (Wildman–Crippen MR) is 149 cm³/mol. The number of imide groups is 1. The van der Waals surface area contributed by atoms with Crippen LogP contribution in [0.2, 0.25) is 0 Å². The molecule has 210 valence electrons. The first-order chi connectivity index (χ1) is 19.1. The molecule has 2 aromatic carbocycles. The Kier molecular flexibility index (Phi) is 8.08. The zero-order valence-electron chi connectivity index (χ0n) is 22.6. The molecule has 3 aromatic rings.